The maximum Gasteiger partial charge on any atom is 0.230 e. The van der Waals surface area contributed by atoms with Crippen LogP contribution in [-0.4, -0.2) is 26.9 Å². The molecule has 0 saturated heterocycles. The quantitative estimate of drug-likeness (QED) is 0.281. The summed E-state index contributed by atoms with van der Waals surface area (Å²) in [5.74, 6) is 1.13. The molecule has 0 radical (unpaired) electrons. The molecule has 4 aromatic rings. The molecule has 0 aliphatic carbocycles. The summed E-state index contributed by atoms with van der Waals surface area (Å²) in [5, 5.41) is 1.72. The summed E-state index contributed by atoms with van der Waals surface area (Å²) in [4.78, 5) is 27.0. The van der Waals surface area contributed by atoms with Gasteiger partial charge in [-0.3, -0.25) is 4.98 Å². The van der Waals surface area contributed by atoms with Gasteiger partial charge in [0.1, 0.15) is 11.3 Å². The normalized spacial score (nSPS) is 12.1. The molecule has 0 aliphatic rings. The fraction of sp³-hybridized carbons (Fsp3) is 0.167. The first-order valence-corrected chi connectivity index (χ1v) is 11.3. The van der Waals surface area contributed by atoms with E-state index in [0.717, 1.165) is 41.0 Å². The number of anilines is 1. The molecule has 0 atom stereocenters. The summed E-state index contributed by atoms with van der Waals surface area (Å²) >= 11 is 0. The minimum Gasteiger partial charge on any atom is -0.497 e. The number of benzene rings is 2. The molecule has 4 rings (SSSR count). The lowest BCUT2D eigenvalue weighted by atomic mass is 9.99. The van der Waals surface area contributed by atoms with Gasteiger partial charge in [-0.2, -0.15) is 0 Å². The molecular weight excluding hydrogens is 428 g/mol. The first-order chi connectivity index (χ1) is 15.4. The average Bonchev–Trinajstić information content (AvgIpc) is 2.78. The van der Waals surface area contributed by atoms with Crippen molar-refractivity contribution in [2.75, 3.05) is 12.8 Å². The first kappa shape index (κ1) is 22.1. The second-order valence-corrected chi connectivity index (χ2v) is 8.57. The number of nitrogens with two attached hydrogens (primary N) is 1. The summed E-state index contributed by atoms with van der Waals surface area (Å²) in [6, 6.07) is 13.3. The molecule has 32 heavy (non-hydrogen) atoms. The summed E-state index contributed by atoms with van der Waals surface area (Å²) in [6.07, 6.45) is 4.57. The van der Waals surface area contributed by atoms with Gasteiger partial charge in [0, 0.05) is 17.0 Å². The van der Waals surface area contributed by atoms with Crippen molar-refractivity contribution in [2.45, 2.75) is 19.8 Å². The largest absolute Gasteiger partial charge is 0.497 e. The lowest BCUT2D eigenvalue weighted by Gasteiger charge is -2.10. The summed E-state index contributed by atoms with van der Waals surface area (Å²) in [7, 11) is -1.10. The van der Waals surface area contributed by atoms with Crippen LogP contribution >= 0.6 is 8.38 Å². The number of aromatic nitrogens is 2. The Hall–Kier alpha value is -3.12. The number of fused-ring (bicyclic) bond motifs is 3. The monoisotopic (exact) mass is 451 g/mol. The van der Waals surface area contributed by atoms with Crippen LogP contribution in [0.2, 0.25) is 0 Å². The van der Waals surface area contributed by atoms with Gasteiger partial charge in [0.25, 0.3) is 0 Å². The molecule has 0 unspecified atom stereocenters. The minimum absolute atomic E-state index is 0.290. The Morgan fingerprint density at radius 1 is 1.12 bits per heavy atom. The minimum atomic E-state index is -2.76. The van der Waals surface area contributed by atoms with Crippen molar-refractivity contribution < 1.29 is 18.9 Å². The van der Waals surface area contributed by atoms with Crippen LogP contribution in [0.5, 0.6) is 5.75 Å². The van der Waals surface area contributed by atoms with Crippen molar-refractivity contribution in [1.29, 1.82) is 0 Å². The van der Waals surface area contributed by atoms with Crippen molar-refractivity contribution in [1.82, 2.24) is 9.97 Å². The molecule has 0 aliphatic heterocycles. The third kappa shape index (κ3) is 4.55. The van der Waals surface area contributed by atoms with Gasteiger partial charge in [-0.25, -0.2) is 9.37 Å². The smallest absolute Gasteiger partial charge is 0.230 e. The molecule has 0 amide bonds. The van der Waals surface area contributed by atoms with Gasteiger partial charge in [-0.05, 0) is 72.4 Å². The van der Waals surface area contributed by atoms with Gasteiger partial charge in [0.05, 0.1) is 12.6 Å². The highest BCUT2D eigenvalue weighted by molar-refractivity contribution is 7.49. The zero-order chi connectivity index (χ0) is 22.8. The van der Waals surface area contributed by atoms with Crippen LogP contribution in [0.25, 0.3) is 27.9 Å². The van der Waals surface area contributed by atoms with Gasteiger partial charge in [0.2, 0.25) is 8.38 Å². The second kappa shape index (κ2) is 9.17. The molecule has 0 bridgehead atoms. The Bertz CT molecular complexity index is 1340. The predicted octanol–water partition coefficient (Wildman–Crippen LogP) is 5.03. The highest BCUT2D eigenvalue weighted by Gasteiger charge is 2.11. The molecule has 8 heteroatoms. The number of pyridine rings is 2. The Morgan fingerprint density at radius 3 is 2.66 bits per heavy atom. The SMILES string of the molecule is COc1ccc(CCc2cnc3c(N)nc4cc(/C=C(\F)P(O)O)ccc4c3c2)c(C)c1. The van der Waals surface area contributed by atoms with Crippen molar-refractivity contribution >= 4 is 42.1 Å². The van der Waals surface area contributed by atoms with Crippen LogP contribution in [0.3, 0.4) is 0 Å². The van der Waals surface area contributed by atoms with Crippen LogP contribution in [0.1, 0.15) is 22.3 Å². The van der Waals surface area contributed by atoms with Crippen LogP contribution in [0.4, 0.5) is 10.2 Å². The molecule has 164 valence electrons. The number of halogens is 1. The summed E-state index contributed by atoms with van der Waals surface area (Å²) in [5.41, 5.74) is 10.3. The van der Waals surface area contributed by atoms with Crippen molar-refractivity contribution in [3.05, 3.63) is 76.5 Å². The Labute approximate surface area is 186 Å². The lowest BCUT2D eigenvalue weighted by Crippen LogP contribution is -1.99. The summed E-state index contributed by atoms with van der Waals surface area (Å²) in [6.45, 7) is 2.07. The Balaban J connectivity index is 1.69. The number of hydrogen-bond acceptors (Lipinski definition) is 6. The maximum atomic E-state index is 13.6. The van der Waals surface area contributed by atoms with E-state index in [-0.39, 0.29) is 0 Å². The third-order valence-electron chi connectivity index (χ3n) is 5.45. The topological polar surface area (TPSA) is 101 Å². The van der Waals surface area contributed by atoms with E-state index in [9.17, 15) is 4.39 Å². The van der Waals surface area contributed by atoms with E-state index >= 15 is 0 Å². The number of aryl methyl sites for hydroxylation is 3. The Kier molecular flexibility index (Phi) is 6.33. The number of hydrogen-bond donors (Lipinski definition) is 3. The van der Waals surface area contributed by atoms with E-state index in [1.165, 1.54) is 11.1 Å². The van der Waals surface area contributed by atoms with E-state index < -0.39 is 13.9 Å². The van der Waals surface area contributed by atoms with Crippen LogP contribution in [0, 0.1) is 6.92 Å². The van der Waals surface area contributed by atoms with Crippen LogP contribution < -0.4 is 10.5 Å². The number of nitrogen functional groups attached to an aromatic ring is 1. The van der Waals surface area contributed by atoms with Crippen LogP contribution in [0.15, 0.2) is 54.2 Å². The van der Waals surface area contributed by atoms with Crippen molar-refractivity contribution in [3.8, 4) is 5.75 Å². The van der Waals surface area contributed by atoms with Gasteiger partial charge >= 0.3 is 0 Å². The maximum absolute atomic E-state index is 13.6. The van der Waals surface area contributed by atoms with Crippen molar-refractivity contribution in [2.24, 2.45) is 0 Å². The van der Waals surface area contributed by atoms with E-state index in [4.69, 9.17) is 20.3 Å². The van der Waals surface area contributed by atoms with E-state index in [1.54, 1.807) is 19.2 Å². The zero-order valence-electron chi connectivity index (χ0n) is 17.7. The molecule has 2 aromatic heterocycles. The second-order valence-electron chi connectivity index (χ2n) is 7.56. The third-order valence-corrected chi connectivity index (χ3v) is 5.96. The van der Waals surface area contributed by atoms with Crippen LogP contribution in [-0.2, 0) is 12.8 Å². The predicted molar refractivity (Wildman–Crippen MR) is 127 cm³/mol. The number of ether oxygens (including phenoxy) is 1. The van der Waals surface area contributed by atoms with Gasteiger partial charge < -0.3 is 20.3 Å². The molecule has 2 heterocycles. The zero-order valence-corrected chi connectivity index (χ0v) is 18.6. The molecule has 0 spiro atoms. The van der Waals surface area contributed by atoms with Gasteiger partial charge in [-0.15, -0.1) is 0 Å². The highest BCUT2D eigenvalue weighted by atomic mass is 31.2. The van der Waals surface area contributed by atoms with E-state index in [1.807, 2.05) is 24.4 Å². The van der Waals surface area contributed by atoms with Gasteiger partial charge in [-0.1, -0.05) is 18.2 Å². The number of rotatable bonds is 6. The first-order valence-electron chi connectivity index (χ1n) is 10.0. The van der Waals surface area contributed by atoms with E-state index in [2.05, 4.69) is 29.0 Å². The molecule has 0 saturated carbocycles. The highest BCUT2D eigenvalue weighted by Crippen LogP contribution is 2.38. The fourth-order valence-electron chi connectivity index (χ4n) is 3.75. The standard InChI is InChI=1S/C24H23FN3O3P/c1-14-9-18(31-2)7-6-17(14)5-3-16-10-20-19-8-4-15(12-22(25)32(29)30)11-21(19)28-24(26)23(20)27-13-16/h4,6-13,29-30H,3,5H2,1-2H3,(H2,26,28)/b22-12+. The van der Waals surface area contributed by atoms with E-state index in [0.29, 0.717) is 22.4 Å². The Morgan fingerprint density at radius 2 is 1.94 bits per heavy atom. The molecule has 6 nitrogen and oxygen atoms in total. The molecule has 2 aromatic carbocycles. The van der Waals surface area contributed by atoms with Crippen molar-refractivity contribution in [3.63, 3.8) is 0 Å². The average molecular weight is 451 g/mol. The lowest BCUT2D eigenvalue weighted by molar-refractivity contribution is 0.414. The fourth-order valence-corrected chi connectivity index (χ4v) is 4.01. The number of methoxy groups -OCH3 is 1. The summed E-state index contributed by atoms with van der Waals surface area (Å²) < 4.78 is 18.9. The molecular formula is C24H23FN3O3P. The van der Waals surface area contributed by atoms with Gasteiger partial charge in [0.15, 0.2) is 11.4 Å². The molecule has 0 fully saturated rings. The number of nitrogens with zero attached hydrogens (tertiary/aromatic N) is 2. The molecule has 4 N–H and O–H groups in total.